The Hall–Kier alpha value is -5.84. The van der Waals surface area contributed by atoms with Crippen molar-refractivity contribution in [3.05, 3.63) is 124 Å². The molecule has 0 atom stereocenters. The summed E-state index contributed by atoms with van der Waals surface area (Å²) in [5, 5.41) is 15.7. The summed E-state index contributed by atoms with van der Waals surface area (Å²) < 4.78 is 17.8. The summed E-state index contributed by atoms with van der Waals surface area (Å²) in [7, 11) is 0. The second-order valence-electron chi connectivity index (χ2n) is 13.6. The molecule has 5 aromatic rings. The SMILES string of the molecule is CCN=c1cc2oc3cc(NCC)c(C)cc3cc-2c(-c2ccccc2C(=O)NCCCCNC(=O)Cc2onc(-c3ccc(Cl)o3)c2-c2ccccc2)c1C.Cl. The fraction of sp³-hybridized carbons (Fsp3) is 0.244. The summed E-state index contributed by atoms with van der Waals surface area (Å²) in [6.45, 7) is 10.5. The van der Waals surface area contributed by atoms with Crippen LogP contribution in [0.5, 0.6) is 0 Å². The number of rotatable bonds is 14. The van der Waals surface area contributed by atoms with E-state index >= 15 is 0 Å². The van der Waals surface area contributed by atoms with Crippen LogP contribution in [-0.2, 0) is 11.2 Å². The van der Waals surface area contributed by atoms with Crippen LogP contribution in [0.25, 0.3) is 56.0 Å². The lowest BCUT2D eigenvalue weighted by Gasteiger charge is -2.19. The fourth-order valence-electron chi connectivity index (χ4n) is 7.08. The summed E-state index contributed by atoms with van der Waals surface area (Å²) >= 11 is 6.02. The molecule has 0 saturated heterocycles. The number of furan rings is 1. The quantitative estimate of drug-likeness (QED) is 0.0736. The van der Waals surface area contributed by atoms with Crippen molar-refractivity contribution >= 4 is 52.5 Å². The number of unbranched alkanes of at least 4 members (excludes halogenated alkanes) is 1. The Morgan fingerprint density at radius 2 is 1.56 bits per heavy atom. The first kappa shape index (κ1) is 40.8. The van der Waals surface area contributed by atoms with E-state index in [0.29, 0.717) is 66.6 Å². The van der Waals surface area contributed by atoms with E-state index in [4.69, 9.17) is 30.0 Å². The van der Waals surface area contributed by atoms with Crippen LogP contribution in [0.15, 0.2) is 109 Å². The van der Waals surface area contributed by atoms with Gasteiger partial charge in [0.05, 0.1) is 17.3 Å². The maximum atomic E-state index is 13.8. The highest BCUT2D eigenvalue weighted by atomic mass is 35.5. The van der Waals surface area contributed by atoms with Crippen LogP contribution in [-0.4, -0.2) is 43.2 Å². The van der Waals surface area contributed by atoms with Crippen LogP contribution < -0.4 is 21.3 Å². The van der Waals surface area contributed by atoms with Gasteiger partial charge in [-0.1, -0.05) is 53.7 Å². The van der Waals surface area contributed by atoms with Crippen LogP contribution >= 0.6 is 24.0 Å². The summed E-state index contributed by atoms with van der Waals surface area (Å²) in [4.78, 5) is 31.6. The van der Waals surface area contributed by atoms with Crippen molar-refractivity contribution in [2.45, 2.75) is 47.0 Å². The van der Waals surface area contributed by atoms with Gasteiger partial charge in [0.25, 0.3) is 5.91 Å². The molecular weight excluding hydrogens is 761 g/mol. The second kappa shape index (κ2) is 18.4. The van der Waals surface area contributed by atoms with Crippen molar-refractivity contribution in [1.82, 2.24) is 15.8 Å². The Labute approximate surface area is 342 Å². The van der Waals surface area contributed by atoms with Crippen LogP contribution in [0.2, 0.25) is 5.22 Å². The molecular formula is C45H45Cl2N5O5. The van der Waals surface area contributed by atoms with Gasteiger partial charge in [-0.3, -0.25) is 14.6 Å². The molecule has 12 heteroatoms. The molecule has 0 saturated carbocycles. The van der Waals surface area contributed by atoms with E-state index in [0.717, 1.165) is 61.9 Å². The van der Waals surface area contributed by atoms with Gasteiger partial charge in [0, 0.05) is 60.5 Å². The van der Waals surface area contributed by atoms with Crippen LogP contribution in [0.4, 0.5) is 5.69 Å². The number of carbonyl (C=O) groups excluding carboxylic acids is 2. The number of hydrogen-bond donors (Lipinski definition) is 3. The molecule has 0 bridgehead atoms. The Morgan fingerprint density at radius 3 is 2.30 bits per heavy atom. The predicted octanol–water partition coefficient (Wildman–Crippen LogP) is 10.0. The zero-order valence-electron chi connectivity index (χ0n) is 32.3. The molecule has 3 N–H and O–H groups in total. The minimum Gasteiger partial charge on any atom is -0.456 e. The highest BCUT2D eigenvalue weighted by Crippen LogP contribution is 2.40. The molecule has 3 aromatic carbocycles. The van der Waals surface area contributed by atoms with E-state index < -0.39 is 0 Å². The number of halogens is 2. The van der Waals surface area contributed by atoms with Crippen molar-refractivity contribution in [3.8, 4) is 45.0 Å². The minimum atomic E-state index is -0.201. The predicted molar refractivity (Wildman–Crippen MR) is 228 cm³/mol. The monoisotopic (exact) mass is 805 g/mol. The number of aromatic nitrogens is 1. The molecule has 1 aliphatic heterocycles. The van der Waals surface area contributed by atoms with E-state index in [1.807, 2.05) is 73.7 Å². The second-order valence-corrected chi connectivity index (χ2v) is 14.0. The van der Waals surface area contributed by atoms with Gasteiger partial charge in [0.15, 0.2) is 22.4 Å². The van der Waals surface area contributed by atoms with Crippen molar-refractivity contribution in [2.75, 3.05) is 31.5 Å². The molecule has 0 fully saturated rings. The zero-order valence-corrected chi connectivity index (χ0v) is 33.9. The van der Waals surface area contributed by atoms with Gasteiger partial charge in [0.1, 0.15) is 11.3 Å². The van der Waals surface area contributed by atoms with E-state index in [9.17, 15) is 9.59 Å². The molecule has 2 aliphatic rings. The molecule has 0 spiro atoms. The molecule has 294 valence electrons. The molecule has 0 unspecified atom stereocenters. The van der Waals surface area contributed by atoms with Gasteiger partial charge < -0.3 is 29.3 Å². The van der Waals surface area contributed by atoms with Crippen LogP contribution in [0, 0.1) is 13.8 Å². The first-order valence-electron chi connectivity index (χ1n) is 19.0. The molecule has 57 heavy (non-hydrogen) atoms. The number of hydrogen-bond acceptors (Lipinski definition) is 8. The van der Waals surface area contributed by atoms with E-state index in [-0.39, 0.29) is 35.9 Å². The first-order chi connectivity index (χ1) is 27.2. The number of aryl methyl sites for hydroxylation is 1. The van der Waals surface area contributed by atoms with Gasteiger partial charge in [0.2, 0.25) is 5.91 Å². The third kappa shape index (κ3) is 8.93. The number of nitrogens with zero attached hydrogens (tertiary/aromatic N) is 2. The molecule has 1 aliphatic carbocycles. The number of benzene rings is 4. The smallest absolute Gasteiger partial charge is 0.251 e. The normalized spacial score (nSPS) is 11.5. The summed E-state index contributed by atoms with van der Waals surface area (Å²) in [6, 6.07) is 28.9. The van der Waals surface area contributed by atoms with Crippen molar-refractivity contribution in [1.29, 1.82) is 0 Å². The maximum absolute atomic E-state index is 13.8. The number of anilines is 1. The summed E-state index contributed by atoms with van der Waals surface area (Å²) in [5.41, 5.74) is 9.14. The van der Waals surface area contributed by atoms with Crippen molar-refractivity contribution in [2.24, 2.45) is 4.99 Å². The molecule has 0 radical (unpaired) electrons. The van der Waals surface area contributed by atoms with E-state index in [1.165, 1.54) is 0 Å². The maximum Gasteiger partial charge on any atom is 0.251 e. The van der Waals surface area contributed by atoms with Crippen LogP contribution in [0.3, 0.4) is 0 Å². The lowest BCUT2D eigenvalue weighted by atomic mass is 9.88. The zero-order chi connectivity index (χ0) is 39.2. The summed E-state index contributed by atoms with van der Waals surface area (Å²) in [5.74, 6) is 1.21. The van der Waals surface area contributed by atoms with Gasteiger partial charge in [-0.25, -0.2) is 0 Å². The third-order valence-corrected chi connectivity index (χ3v) is 9.94. The fourth-order valence-corrected chi connectivity index (χ4v) is 7.22. The molecule has 7 rings (SSSR count). The highest BCUT2D eigenvalue weighted by molar-refractivity contribution is 6.29. The molecule has 2 aromatic heterocycles. The van der Waals surface area contributed by atoms with Gasteiger partial charge >= 0.3 is 0 Å². The standard InChI is InChI=1S/C45H44ClN5O5.ClH/c1-5-47-34-24-37-30(22-27(34)3)23-33-38(54-37)25-35(48-6-2)28(4)42(33)31-16-10-11-17-32(31)45(53)50-21-13-12-20-49-41(52)26-39-43(29-14-8-7-9-15-29)44(51-56-39)36-18-19-40(46)55-36;/h7-11,14-19,22-25,47H,5-6,12-13,20-21,26H2,1-4H3,(H,49,52)(H,50,53);1H. The molecule has 2 amide bonds. The summed E-state index contributed by atoms with van der Waals surface area (Å²) in [6.07, 6.45) is 1.33. The highest BCUT2D eigenvalue weighted by Gasteiger charge is 2.24. The largest absolute Gasteiger partial charge is 0.456 e. The lowest BCUT2D eigenvalue weighted by Crippen LogP contribution is -2.28. The van der Waals surface area contributed by atoms with Crippen molar-refractivity contribution in [3.63, 3.8) is 0 Å². The Balaban J connectivity index is 0.00000549. The van der Waals surface area contributed by atoms with Crippen LogP contribution in [0.1, 0.15) is 53.9 Å². The van der Waals surface area contributed by atoms with E-state index in [1.54, 1.807) is 12.1 Å². The Kier molecular flexibility index (Phi) is 13.2. The Bertz CT molecular complexity index is 2560. The number of fused-ring (bicyclic) bond motifs is 2. The lowest BCUT2D eigenvalue weighted by molar-refractivity contribution is -0.120. The van der Waals surface area contributed by atoms with Crippen molar-refractivity contribution < 1.29 is 22.9 Å². The average Bonchev–Trinajstić information content (AvgIpc) is 3.82. The number of amides is 2. The average molecular weight is 807 g/mol. The minimum absolute atomic E-state index is 0. The van der Waals surface area contributed by atoms with Gasteiger partial charge in [-0.15, -0.1) is 12.4 Å². The Morgan fingerprint density at radius 1 is 0.807 bits per heavy atom. The molecule has 10 nitrogen and oxygen atoms in total. The molecule has 3 heterocycles. The topological polar surface area (TPSA) is 135 Å². The van der Waals surface area contributed by atoms with Gasteiger partial charge in [-0.05, 0) is 110 Å². The third-order valence-electron chi connectivity index (χ3n) is 9.74. The van der Waals surface area contributed by atoms with E-state index in [2.05, 4.69) is 54.0 Å². The first-order valence-corrected chi connectivity index (χ1v) is 19.3. The number of carbonyl (C=O) groups is 2. The number of nitrogens with one attached hydrogen (secondary N) is 3. The van der Waals surface area contributed by atoms with Gasteiger partial charge in [-0.2, -0.15) is 0 Å².